The fourth-order valence-corrected chi connectivity index (χ4v) is 3.24. The van der Waals surface area contributed by atoms with E-state index < -0.39 is 12.5 Å². The molecule has 21 heavy (non-hydrogen) atoms. The van der Waals surface area contributed by atoms with Gasteiger partial charge in [0.25, 0.3) is 5.56 Å². The van der Waals surface area contributed by atoms with Gasteiger partial charge in [-0.05, 0) is 17.7 Å². The van der Waals surface area contributed by atoms with E-state index in [0.29, 0.717) is 10.2 Å². The van der Waals surface area contributed by atoms with Crippen molar-refractivity contribution < 1.29 is 9.90 Å². The third kappa shape index (κ3) is 2.62. The Morgan fingerprint density at radius 2 is 2.05 bits per heavy atom. The Bertz CT molecular complexity index is 883. The number of hydrogen-bond donors (Lipinski definition) is 1. The van der Waals surface area contributed by atoms with E-state index in [4.69, 9.17) is 5.11 Å². The van der Waals surface area contributed by atoms with Crippen LogP contribution in [0.4, 0.5) is 0 Å². The average Bonchev–Trinajstić information content (AvgIpc) is 2.87. The van der Waals surface area contributed by atoms with E-state index in [9.17, 15) is 9.59 Å². The molecule has 0 spiro atoms. The van der Waals surface area contributed by atoms with Gasteiger partial charge in [-0.2, -0.15) is 0 Å². The fourth-order valence-electron chi connectivity index (χ4n) is 2.07. The van der Waals surface area contributed by atoms with Gasteiger partial charge in [-0.15, -0.1) is 11.3 Å². The van der Waals surface area contributed by atoms with Crippen molar-refractivity contribution in [2.45, 2.75) is 6.54 Å². The number of aliphatic carboxylic acids is 1. The Balaban J connectivity index is 2.22. The maximum Gasteiger partial charge on any atom is 0.323 e. The summed E-state index contributed by atoms with van der Waals surface area (Å²) in [6.07, 6.45) is 1.28. The van der Waals surface area contributed by atoms with Crippen molar-refractivity contribution in [2.75, 3.05) is 0 Å². The molecule has 3 rings (SSSR count). The molecule has 0 aliphatic carbocycles. The Labute approximate surface area is 131 Å². The summed E-state index contributed by atoms with van der Waals surface area (Å²) < 4.78 is 2.06. The zero-order chi connectivity index (χ0) is 15.0. The molecule has 0 aliphatic rings. The van der Waals surface area contributed by atoms with Gasteiger partial charge in [0.1, 0.15) is 11.4 Å². The highest BCUT2D eigenvalue weighted by atomic mass is 79.9. The molecule has 106 valence electrons. The largest absolute Gasteiger partial charge is 0.480 e. The number of carbonyl (C=O) groups is 1. The number of hydrogen-bond acceptors (Lipinski definition) is 4. The SMILES string of the molecule is O=C(O)Cn1cnc2scc(-c3ccc(Br)cc3)c2c1=O. The van der Waals surface area contributed by atoms with Crippen LogP contribution in [0, 0.1) is 0 Å². The molecule has 0 saturated heterocycles. The van der Waals surface area contributed by atoms with Gasteiger partial charge in [-0.25, -0.2) is 4.98 Å². The summed E-state index contributed by atoms with van der Waals surface area (Å²) in [5.41, 5.74) is 1.35. The topological polar surface area (TPSA) is 72.2 Å². The lowest BCUT2D eigenvalue weighted by Crippen LogP contribution is -2.24. The van der Waals surface area contributed by atoms with Crippen LogP contribution in [0.5, 0.6) is 0 Å². The van der Waals surface area contributed by atoms with E-state index in [-0.39, 0.29) is 5.56 Å². The summed E-state index contributed by atoms with van der Waals surface area (Å²) in [7, 11) is 0. The number of aromatic nitrogens is 2. The van der Waals surface area contributed by atoms with Crippen LogP contribution < -0.4 is 5.56 Å². The Kier molecular flexibility index (Phi) is 3.60. The second-order valence-electron chi connectivity index (χ2n) is 4.41. The van der Waals surface area contributed by atoms with E-state index in [1.807, 2.05) is 29.6 Å². The Morgan fingerprint density at radius 3 is 2.71 bits per heavy atom. The lowest BCUT2D eigenvalue weighted by molar-refractivity contribution is -0.137. The highest BCUT2D eigenvalue weighted by molar-refractivity contribution is 9.10. The van der Waals surface area contributed by atoms with E-state index in [1.54, 1.807) is 0 Å². The van der Waals surface area contributed by atoms with Crippen molar-refractivity contribution >= 4 is 43.5 Å². The first kappa shape index (κ1) is 14.0. The first-order valence-corrected chi connectivity index (χ1v) is 7.68. The minimum absolute atomic E-state index is 0.332. The monoisotopic (exact) mass is 364 g/mol. The second kappa shape index (κ2) is 5.42. The van der Waals surface area contributed by atoms with Crippen LogP contribution >= 0.6 is 27.3 Å². The number of nitrogens with zero attached hydrogens (tertiary/aromatic N) is 2. The highest BCUT2D eigenvalue weighted by Gasteiger charge is 2.14. The second-order valence-corrected chi connectivity index (χ2v) is 6.18. The van der Waals surface area contributed by atoms with Crippen molar-refractivity contribution in [1.82, 2.24) is 9.55 Å². The molecule has 7 heteroatoms. The molecule has 0 radical (unpaired) electrons. The van der Waals surface area contributed by atoms with Crippen LogP contribution in [0.15, 0.2) is 45.2 Å². The molecule has 0 atom stereocenters. The van der Waals surface area contributed by atoms with Gasteiger partial charge in [-0.3, -0.25) is 14.2 Å². The number of halogens is 1. The fraction of sp³-hybridized carbons (Fsp3) is 0.0714. The highest BCUT2D eigenvalue weighted by Crippen LogP contribution is 2.31. The van der Waals surface area contributed by atoms with E-state index in [1.165, 1.54) is 17.7 Å². The van der Waals surface area contributed by atoms with Crippen molar-refractivity contribution in [1.29, 1.82) is 0 Å². The molecule has 3 aromatic rings. The van der Waals surface area contributed by atoms with E-state index in [0.717, 1.165) is 20.2 Å². The first-order valence-electron chi connectivity index (χ1n) is 6.00. The summed E-state index contributed by atoms with van der Waals surface area (Å²) >= 11 is 4.74. The lowest BCUT2D eigenvalue weighted by atomic mass is 10.1. The van der Waals surface area contributed by atoms with Crippen molar-refractivity contribution in [3.8, 4) is 11.1 Å². The third-order valence-corrected chi connectivity index (χ3v) is 4.44. The predicted octanol–water partition coefficient (Wildman–Crippen LogP) is 2.97. The molecule has 2 aromatic heterocycles. The van der Waals surface area contributed by atoms with Crippen LogP contribution in [0.1, 0.15) is 0 Å². The summed E-state index contributed by atoms with van der Waals surface area (Å²) in [4.78, 5) is 28.0. The van der Waals surface area contributed by atoms with Gasteiger partial charge in [-0.1, -0.05) is 28.1 Å². The molecule has 0 fully saturated rings. The maximum atomic E-state index is 12.4. The smallest absolute Gasteiger partial charge is 0.323 e. The van der Waals surface area contributed by atoms with Crippen molar-refractivity contribution in [3.05, 3.63) is 50.8 Å². The molecule has 0 amide bonds. The predicted molar refractivity (Wildman–Crippen MR) is 84.7 cm³/mol. The van der Waals surface area contributed by atoms with Gasteiger partial charge in [0.05, 0.1) is 11.7 Å². The number of carboxylic acid groups (broad SMARTS) is 1. The maximum absolute atomic E-state index is 12.4. The molecular formula is C14H9BrN2O3S. The third-order valence-electron chi connectivity index (χ3n) is 3.02. The lowest BCUT2D eigenvalue weighted by Gasteiger charge is -2.03. The van der Waals surface area contributed by atoms with Gasteiger partial charge in [0, 0.05) is 15.4 Å². The van der Waals surface area contributed by atoms with Crippen molar-refractivity contribution in [2.24, 2.45) is 0 Å². The van der Waals surface area contributed by atoms with Gasteiger partial charge >= 0.3 is 5.97 Å². The van der Waals surface area contributed by atoms with Gasteiger partial charge < -0.3 is 5.11 Å². The minimum atomic E-state index is -1.07. The molecule has 1 N–H and O–H groups in total. The minimum Gasteiger partial charge on any atom is -0.480 e. The molecule has 0 unspecified atom stereocenters. The number of fused-ring (bicyclic) bond motifs is 1. The Morgan fingerprint density at radius 1 is 1.33 bits per heavy atom. The van der Waals surface area contributed by atoms with Crippen LogP contribution in [0.3, 0.4) is 0 Å². The van der Waals surface area contributed by atoms with Crippen LogP contribution in [0.2, 0.25) is 0 Å². The molecule has 0 saturated carbocycles. The summed E-state index contributed by atoms with van der Waals surface area (Å²) in [5.74, 6) is -1.07. The van der Waals surface area contributed by atoms with E-state index >= 15 is 0 Å². The zero-order valence-corrected chi connectivity index (χ0v) is 13.0. The summed E-state index contributed by atoms with van der Waals surface area (Å²) in [6.45, 7) is -0.391. The number of rotatable bonds is 3. The number of carboxylic acids is 1. The standard InChI is InChI=1S/C14H9BrN2O3S/c15-9-3-1-8(2-4-9)10-6-21-13-12(10)14(20)17(7-16-13)5-11(18)19/h1-4,6-7H,5H2,(H,18,19). The van der Waals surface area contributed by atoms with Crippen LogP contribution in [0.25, 0.3) is 21.3 Å². The summed E-state index contributed by atoms with van der Waals surface area (Å²) in [6, 6.07) is 7.59. The molecule has 0 aliphatic heterocycles. The Hall–Kier alpha value is -1.99. The quantitative estimate of drug-likeness (QED) is 0.775. The molecule has 0 bridgehead atoms. The first-order chi connectivity index (χ1) is 10.1. The van der Waals surface area contributed by atoms with Crippen molar-refractivity contribution in [3.63, 3.8) is 0 Å². The van der Waals surface area contributed by atoms with E-state index in [2.05, 4.69) is 20.9 Å². The molecule has 1 aromatic carbocycles. The molecule has 2 heterocycles. The summed E-state index contributed by atoms with van der Waals surface area (Å²) in [5, 5.41) is 11.2. The number of benzene rings is 1. The molecular weight excluding hydrogens is 356 g/mol. The van der Waals surface area contributed by atoms with Gasteiger partial charge in [0.15, 0.2) is 0 Å². The number of thiophene rings is 1. The average molecular weight is 365 g/mol. The normalized spacial score (nSPS) is 10.9. The van der Waals surface area contributed by atoms with Gasteiger partial charge in [0.2, 0.25) is 0 Å². The van der Waals surface area contributed by atoms with Crippen LogP contribution in [-0.2, 0) is 11.3 Å². The molecule has 5 nitrogen and oxygen atoms in total. The zero-order valence-electron chi connectivity index (χ0n) is 10.6. The van der Waals surface area contributed by atoms with Crippen LogP contribution in [-0.4, -0.2) is 20.6 Å².